The maximum Gasteiger partial charge on any atom is 0.416 e. The van der Waals surface area contributed by atoms with E-state index in [0.717, 1.165) is 26.4 Å². The molecule has 1 heterocycles. The molecule has 0 bridgehead atoms. The van der Waals surface area contributed by atoms with Crippen molar-refractivity contribution in [2.24, 2.45) is 11.7 Å². The van der Waals surface area contributed by atoms with Gasteiger partial charge in [0.05, 0.1) is 38.4 Å². The summed E-state index contributed by atoms with van der Waals surface area (Å²) in [5.74, 6) is -5.55. The van der Waals surface area contributed by atoms with Crippen LogP contribution in [0, 0.1) is 5.92 Å². The lowest BCUT2D eigenvalue weighted by Gasteiger charge is -2.44. The molecular weight excluding hydrogens is 613 g/mol. The molecule has 0 fully saturated rings. The third kappa shape index (κ3) is 5.64. The first kappa shape index (κ1) is 31.6. The number of esters is 2. The topological polar surface area (TPSA) is 108 Å². The van der Waals surface area contributed by atoms with Gasteiger partial charge < -0.3 is 19.9 Å². The number of allylic oxidation sites excluding steroid dienone is 2. The molecule has 234 valence electrons. The molecule has 0 spiro atoms. The lowest BCUT2D eigenvalue weighted by molar-refractivity contribution is -0.150. The van der Waals surface area contributed by atoms with E-state index in [0.29, 0.717) is 16.9 Å². The first-order valence-corrected chi connectivity index (χ1v) is 14.1. The van der Waals surface area contributed by atoms with Gasteiger partial charge in [-0.05, 0) is 53.9 Å². The molecule has 3 atom stereocenters. The first-order chi connectivity index (χ1) is 21.4. The number of hydrogen-bond donors (Lipinski definition) is 1. The van der Waals surface area contributed by atoms with Gasteiger partial charge in [-0.2, -0.15) is 13.2 Å². The summed E-state index contributed by atoms with van der Waals surface area (Å²) in [7, 11) is 3.76. The Balaban J connectivity index is 1.84. The van der Waals surface area contributed by atoms with Crippen LogP contribution in [0.3, 0.4) is 0 Å². The molecule has 5 rings (SSSR count). The Morgan fingerprint density at radius 3 is 2.24 bits per heavy atom. The van der Waals surface area contributed by atoms with Crippen LogP contribution in [0.4, 0.5) is 18.9 Å². The molecule has 12 heteroatoms. The summed E-state index contributed by atoms with van der Waals surface area (Å²) in [6.45, 7) is 0. The highest BCUT2D eigenvalue weighted by Gasteiger charge is 2.51. The standard InChI is InChI=1S/C33H28ClF3N2O6/c1-43-20-13-11-17(12-14-20)22-16-24-27(29(40)26(22)31(41)44-2)25(21-9-4-5-10-23(21)34)28(32(42)45-3)30(38)39(24)19-8-6-7-18(15-19)33(35,36)37/h4-15,22,25-26H,16,38H2,1-3H3/t22-,25+,26+/m0/s1. The minimum absolute atomic E-state index is 0.0322. The Kier molecular flexibility index (Phi) is 8.66. The summed E-state index contributed by atoms with van der Waals surface area (Å²) in [6.07, 6.45) is -4.74. The van der Waals surface area contributed by atoms with Crippen LogP contribution in [0.1, 0.15) is 34.9 Å². The summed E-state index contributed by atoms with van der Waals surface area (Å²) in [4.78, 5) is 42.7. The fourth-order valence-corrected chi connectivity index (χ4v) is 6.28. The quantitative estimate of drug-likeness (QED) is 0.254. The summed E-state index contributed by atoms with van der Waals surface area (Å²) in [6, 6.07) is 17.6. The van der Waals surface area contributed by atoms with Gasteiger partial charge in [0.2, 0.25) is 0 Å². The molecule has 3 aromatic carbocycles. The monoisotopic (exact) mass is 640 g/mol. The van der Waals surface area contributed by atoms with Crippen LogP contribution in [0.15, 0.2) is 95.5 Å². The summed E-state index contributed by atoms with van der Waals surface area (Å²) >= 11 is 6.61. The van der Waals surface area contributed by atoms with Gasteiger partial charge in [0.15, 0.2) is 5.78 Å². The number of rotatable bonds is 6. The van der Waals surface area contributed by atoms with E-state index in [2.05, 4.69) is 0 Å². The van der Waals surface area contributed by atoms with Crippen LogP contribution in [0.2, 0.25) is 5.02 Å². The molecule has 45 heavy (non-hydrogen) atoms. The van der Waals surface area contributed by atoms with E-state index >= 15 is 0 Å². The molecular formula is C33H28ClF3N2O6. The smallest absolute Gasteiger partial charge is 0.416 e. The number of alkyl halides is 3. The second-order valence-electron chi connectivity index (χ2n) is 10.4. The van der Waals surface area contributed by atoms with Gasteiger partial charge in [-0.3, -0.25) is 14.5 Å². The van der Waals surface area contributed by atoms with Crippen molar-refractivity contribution in [3.63, 3.8) is 0 Å². The number of ether oxygens (including phenoxy) is 3. The lowest BCUT2D eigenvalue weighted by Crippen LogP contribution is -2.46. The number of halogens is 4. The molecule has 1 aliphatic carbocycles. The van der Waals surface area contributed by atoms with Crippen LogP contribution in [0.25, 0.3) is 0 Å². The molecule has 0 amide bonds. The van der Waals surface area contributed by atoms with Crippen LogP contribution in [-0.4, -0.2) is 39.1 Å². The lowest BCUT2D eigenvalue weighted by atomic mass is 9.67. The zero-order valence-corrected chi connectivity index (χ0v) is 25.1. The summed E-state index contributed by atoms with van der Waals surface area (Å²) < 4.78 is 57.0. The minimum atomic E-state index is -4.70. The predicted molar refractivity (Wildman–Crippen MR) is 159 cm³/mol. The average Bonchev–Trinajstić information content (AvgIpc) is 3.03. The molecule has 2 aliphatic rings. The predicted octanol–water partition coefficient (Wildman–Crippen LogP) is 6.11. The van der Waals surface area contributed by atoms with Gasteiger partial charge in [0.1, 0.15) is 17.5 Å². The van der Waals surface area contributed by atoms with Gasteiger partial charge in [-0.15, -0.1) is 0 Å². The van der Waals surface area contributed by atoms with Crippen molar-refractivity contribution in [2.45, 2.75) is 24.4 Å². The molecule has 0 unspecified atom stereocenters. The maximum absolute atomic E-state index is 14.7. The zero-order valence-electron chi connectivity index (χ0n) is 24.4. The fourth-order valence-electron chi connectivity index (χ4n) is 6.04. The second-order valence-corrected chi connectivity index (χ2v) is 10.8. The number of benzene rings is 3. The summed E-state index contributed by atoms with van der Waals surface area (Å²) in [5.41, 5.74) is 6.52. The van der Waals surface area contributed by atoms with E-state index in [1.807, 2.05) is 0 Å². The molecule has 0 aromatic heterocycles. The largest absolute Gasteiger partial charge is 0.497 e. The normalized spacial score (nSPS) is 20.1. The van der Waals surface area contributed by atoms with Crippen LogP contribution in [0.5, 0.6) is 5.75 Å². The Morgan fingerprint density at radius 2 is 1.64 bits per heavy atom. The second kappa shape index (κ2) is 12.3. The van der Waals surface area contributed by atoms with Crippen LogP contribution < -0.4 is 15.4 Å². The Labute approximate surface area is 261 Å². The third-order valence-corrected chi connectivity index (χ3v) is 8.44. The van der Waals surface area contributed by atoms with Crippen molar-refractivity contribution in [1.29, 1.82) is 0 Å². The highest BCUT2D eigenvalue weighted by Crippen LogP contribution is 2.52. The van der Waals surface area contributed by atoms with Gasteiger partial charge in [-0.25, -0.2) is 4.79 Å². The van der Waals surface area contributed by atoms with Crippen molar-refractivity contribution < 1.29 is 41.8 Å². The van der Waals surface area contributed by atoms with Crippen molar-refractivity contribution in [1.82, 2.24) is 0 Å². The summed E-state index contributed by atoms with van der Waals surface area (Å²) in [5, 5.41) is 0.191. The molecule has 3 aromatic rings. The molecule has 1 aliphatic heterocycles. The number of nitrogens with two attached hydrogens (primary N) is 1. The van der Waals surface area contributed by atoms with Crippen LogP contribution in [-0.2, 0) is 30.0 Å². The number of carbonyl (C=O) groups excluding carboxylic acids is 3. The highest BCUT2D eigenvalue weighted by molar-refractivity contribution is 6.31. The van der Waals surface area contributed by atoms with E-state index in [1.165, 1.54) is 24.1 Å². The van der Waals surface area contributed by atoms with E-state index in [1.54, 1.807) is 48.5 Å². The fraction of sp³-hybridized carbons (Fsp3) is 0.242. The Bertz CT molecular complexity index is 1730. The van der Waals surface area contributed by atoms with E-state index in [-0.39, 0.29) is 39.8 Å². The third-order valence-electron chi connectivity index (χ3n) is 8.09. The van der Waals surface area contributed by atoms with E-state index in [4.69, 9.17) is 31.5 Å². The van der Waals surface area contributed by atoms with Gasteiger partial charge in [0.25, 0.3) is 0 Å². The number of hydrogen-bond acceptors (Lipinski definition) is 8. The molecule has 0 radical (unpaired) electrons. The molecule has 8 nitrogen and oxygen atoms in total. The van der Waals surface area contributed by atoms with Crippen LogP contribution >= 0.6 is 11.6 Å². The van der Waals surface area contributed by atoms with Gasteiger partial charge in [-0.1, -0.05) is 48.0 Å². The van der Waals surface area contributed by atoms with E-state index in [9.17, 15) is 27.6 Å². The van der Waals surface area contributed by atoms with Crippen molar-refractivity contribution in [2.75, 3.05) is 26.2 Å². The van der Waals surface area contributed by atoms with Crippen molar-refractivity contribution >= 4 is 35.0 Å². The average molecular weight is 641 g/mol. The molecule has 0 saturated carbocycles. The maximum atomic E-state index is 14.7. The Hall–Kier alpha value is -4.77. The molecule has 0 saturated heterocycles. The highest BCUT2D eigenvalue weighted by atomic mass is 35.5. The SMILES string of the molecule is COC(=O)C1=C(N)N(c2cccc(C(F)(F)F)c2)C2=C(C(=O)[C@H](C(=O)OC)[C@H](c3ccc(OC)cc3)C2)[C@H]1c1ccccc1Cl. The minimum Gasteiger partial charge on any atom is -0.497 e. The zero-order chi connectivity index (χ0) is 32.6. The van der Waals surface area contributed by atoms with Crippen molar-refractivity contribution in [3.8, 4) is 5.75 Å². The van der Waals surface area contributed by atoms with Gasteiger partial charge in [0, 0.05) is 27.9 Å². The number of nitrogens with zero attached hydrogens (tertiary/aromatic N) is 1. The molecule has 2 N–H and O–H groups in total. The van der Waals surface area contributed by atoms with E-state index < -0.39 is 47.2 Å². The number of anilines is 1. The van der Waals surface area contributed by atoms with Gasteiger partial charge >= 0.3 is 18.1 Å². The van der Waals surface area contributed by atoms with Crippen molar-refractivity contribution in [3.05, 3.63) is 117 Å². The number of Topliss-reactive ketones (excluding diaryl/α,β-unsaturated/α-hetero) is 1. The number of methoxy groups -OCH3 is 3. The Morgan fingerprint density at radius 1 is 0.956 bits per heavy atom. The first-order valence-electron chi connectivity index (χ1n) is 13.7. The number of ketones is 1. The number of carbonyl (C=O) groups is 3.